The number of carboxylic acid groups (broad SMARTS) is 1. The highest BCUT2D eigenvalue weighted by Gasteiger charge is 2.34. The SMILES string of the molecule is CC(C)(Cc1cc2c(C(F)(F)F)cccc2o1)C(=O)O. The predicted octanol–water partition coefficient (Wildman–Crippen LogP) is 4.10. The lowest BCUT2D eigenvalue weighted by Gasteiger charge is -2.16. The molecule has 0 spiro atoms. The molecule has 0 aliphatic rings. The molecule has 0 bridgehead atoms. The van der Waals surface area contributed by atoms with Gasteiger partial charge in [0.2, 0.25) is 0 Å². The lowest BCUT2D eigenvalue weighted by atomic mass is 9.88. The van der Waals surface area contributed by atoms with Crippen molar-refractivity contribution in [2.24, 2.45) is 5.41 Å². The van der Waals surface area contributed by atoms with Crippen LogP contribution >= 0.6 is 0 Å². The van der Waals surface area contributed by atoms with Crippen LogP contribution in [0, 0.1) is 5.41 Å². The molecule has 1 aromatic heterocycles. The summed E-state index contributed by atoms with van der Waals surface area (Å²) < 4.78 is 43.9. The molecule has 108 valence electrons. The number of carboxylic acids is 1. The van der Waals surface area contributed by atoms with E-state index in [4.69, 9.17) is 9.52 Å². The predicted molar refractivity (Wildman–Crippen MR) is 66.3 cm³/mol. The van der Waals surface area contributed by atoms with Gasteiger partial charge in [-0.15, -0.1) is 0 Å². The Hall–Kier alpha value is -1.98. The zero-order chi connectivity index (χ0) is 15.1. The second-order valence-corrected chi connectivity index (χ2v) is 5.29. The summed E-state index contributed by atoms with van der Waals surface area (Å²) in [6, 6.07) is 4.94. The first-order valence-corrected chi connectivity index (χ1v) is 5.93. The second kappa shape index (κ2) is 4.54. The van der Waals surface area contributed by atoms with Crippen LogP contribution in [-0.2, 0) is 17.4 Å². The fourth-order valence-corrected chi connectivity index (χ4v) is 1.96. The number of rotatable bonds is 3. The first kappa shape index (κ1) is 14.4. The molecule has 0 saturated carbocycles. The van der Waals surface area contributed by atoms with Gasteiger partial charge in [0, 0.05) is 11.8 Å². The monoisotopic (exact) mass is 286 g/mol. The average Bonchev–Trinajstić information content (AvgIpc) is 2.67. The molecule has 1 aromatic carbocycles. The Morgan fingerprint density at radius 1 is 1.30 bits per heavy atom. The van der Waals surface area contributed by atoms with Crippen LogP contribution in [0.4, 0.5) is 13.2 Å². The lowest BCUT2D eigenvalue weighted by molar-refractivity contribution is -0.147. The van der Waals surface area contributed by atoms with Crippen LogP contribution in [0.25, 0.3) is 11.0 Å². The van der Waals surface area contributed by atoms with Gasteiger partial charge in [-0.3, -0.25) is 4.79 Å². The molecule has 0 fully saturated rings. The number of aliphatic carboxylic acids is 1. The number of halogens is 3. The summed E-state index contributed by atoms with van der Waals surface area (Å²) >= 11 is 0. The third-order valence-corrected chi connectivity index (χ3v) is 3.11. The van der Waals surface area contributed by atoms with Crippen molar-refractivity contribution in [3.63, 3.8) is 0 Å². The Morgan fingerprint density at radius 2 is 1.95 bits per heavy atom. The van der Waals surface area contributed by atoms with Gasteiger partial charge in [0.25, 0.3) is 0 Å². The van der Waals surface area contributed by atoms with Crippen molar-refractivity contribution in [1.82, 2.24) is 0 Å². The van der Waals surface area contributed by atoms with Gasteiger partial charge in [-0.05, 0) is 32.0 Å². The molecule has 0 aliphatic carbocycles. The van der Waals surface area contributed by atoms with E-state index >= 15 is 0 Å². The highest BCUT2D eigenvalue weighted by Crippen LogP contribution is 2.37. The van der Waals surface area contributed by atoms with Crippen molar-refractivity contribution < 1.29 is 27.5 Å². The molecule has 0 amide bonds. The van der Waals surface area contributed by atoms with Crippen LogP contribution in [-0.4, -0.2) is 11.1 Å². The van der Waals surface area contributed by atoms with Crippen molar-refractivity contribution in [3.05, 3.63) is 35.6 Å². The molecule has 20 heavy (non-hydrogen) atoms. The average molecular weight is 286 g/mol. The van der Waals surface area contributed by atoms with Crippen molar-refractivity contribution in [1.29, 1.82) is 0 Å². The molecular formula is C14H13F3O3. The van der Waals surface area contributed by atoms with E-state index in [9.17, 15) is 18.0 Å². The standard InChI is InChI=1S/C14H13F3O3/c1-13(2,12(18)19)7-8-6-9-10(14(15,16)17)4-3-5-11(9)20-8/h3-6H,7H2,1-2H3,(H,18,19). The quantitative estimate of drug-likeness (QED) is 0.924. The Kier molecular flexibility index (Phi) is 3.28. The minimum absolute atomic E-state index is 0.0221. The summed E-state index contributed by atoms with van der Waals surface area (Å²) in [5, 5.41) is 8.99. The van der Waals surface area contributed by atoms with Gasteiger partial charge in [0.05, 0.1) is 11.0 Å². The Morgan fingerprint density at radius 3 is 2.50 bits per heavy atom. The molecule has 0 saturated heterocycles. The van der Waals surface area contributed by atoms with E-state index in [1.165, 1.54) is 32.0 Å². The highest BCUT2D eigenvalue weighted by atomic mass is 19.4. The third-order valence-electron chi connectivity index (χ3n) is 3.11. The van der Waals surface area contributed by atoms with E-state index in [0.29, 0.717) is 0 Å². The molecule has 1 N–H and O–H groups in total. The largest absolute Gasteiger partial charge is 0.481 e. The number of benzene rings is 1. The number of hydrogen-bond donors (Lipinski definition) is 1. The molecule has 1 heterocycles. The fourth-order valence-electron chi connectivity index (χ4n) is 1.96. The summed E-state index contributed by atoms with van der Waals surface area (Å²) in [6.45, 7) is 2.99. The van der Waals surface area contributed by atoms with Crippen LogP contribution in [0.5, 0.6) is 0 Å². The van der Waals surface area contributed by atoms with Crippen LogP contribution in [0.3, 0.4) is 0 Å². The summed E-state index contributed by atoms with van der Waals surface area (Å²) in [5.74, 6) is -0.807. The van der Waals surface area contributed by atoms with E-state index in [1.54, 1.807) is 0 Å². The van der Waals surface area contributed by atoms with Gasteiger partial charge in [-0.1, -0.05) is 6.07 Å². The number of hydrogen-bond acceptors (Lipinski definition) is 2. The molecule has 2 rings (SSSR count). The second-order valence-electron chi connectivity index (χ2n) is 5.29. The molecule has 6 heteroatoms. The summed E-state index contributed by atoms with van der Waals surface area (Å²) in [4.78, 5) is 11.0. The highest BCUT2D eigenvalue weighted by molar-refractivity contribution is 5.82. The van der Waals surface area contributed by atoms with Crippen molar-refractivity contribution >= 4 is 16.9 Å². The van der Waals surface area contributed by atoms with Crippen LogP contribution in [0.15, 0.2) is 28.7 Å². The lowest BCUT2D eigenvalue weighted by Crippen LogP contribution is -2.25. The van der Waals surface area contributed by atoms with Gasteiger partial charge < -0.3 is 9.52 Å². The van der Waals surface area contributed by atoms with Crippen LogP contribution in [0.1, 0.15) is 25.2 Å². The molecule has 0 radical (unpaired) electrons. The van der Waals surface area contributed by atoms with Crippen LogP contribution < -0.4 is 0 Å². The minimum atomic E-state index is -4.47. The topological polar surface area (TPSA) is 50.4 Å². The van der Waals surface area contributed by atoms with Crippen molar-refractivity contribution in [2.45, 2.75) is 26.4 Å². The fraction of sp³-hybridized carbons (Fsp3) is 0.357. The zero-order valence-corrected chi connectivity index (χ0v) is 10.9. The van der Waals surface area contributed by atoms with E-state index in [1.807, 2.05) is 0 Å². The number of fused-ring (bicyclic) bond motifs is 1. The molecular weight excluding hydrogens is 273 g/mol. The first-order chi connectivity index (χ1) is 9.11. The maximum Gasteiger partial charge on any atom is 0.417 e. The van der Waals surface area contributed by atoms with Crippen molar-refractivity contribution in [2.75, 3.05) is 0 Å². The normalized spacial score (nSPS) is 12.8. The van der Waals surface area contributed by atoms with Gasteiger partial charge in [-0.25, -0.2) is 0 Å². The Bertz CT molecular complexity index is 653. The van der Waals surface area contributed by atoms with E-state index in [0.717, 1.165) is 6.07 Å². The third kappa shape index (κ3) is 2.64. The first-order valence-electron chi connectivity index (χ1n) is 5.93. The number of carbonyl (C=O) groups is 1. The Balaban J connectivity index is 2.47. The molecule has 2 aromatic rings. The maximum atomic E-state index is 12.9. The molecule has 3 nitrogen and oxygen atoms in total. The van der Waals surface area contributed by atoms with Gasteiger partial charge in [0.15, 0.2) is 0 Å². The maximum absolute atomic E-state index is 12.9. The van der Waals surface area contributed by atoms with Gasteiger partial charge >= 0.3 is 12.1 Å². The van der Waals surface area contributed by atoms with E-state index < -0.39 is 23.1 Å². The summed E-state index contributed by atoms with van der Waals surface area (Å²) in [6.07, 6.45) is -4.45. The van der Waals surface area contributed by atoms with E-state index in [-0.39, 0.29) is 23.2 Å². The summed E-state index contributed by atoms with van der Waals surface area (Å²) in [7, 11) is 0. The molecule has 0 atom stereocenters. The van der Waals surface area contributed by atoms with Crippen molar-refractivity contribution in [3.8, 4) is 0 Å². The molecule has 0 unspecified atom stereocenters. The smallest absolute Gasteiger partial charge is 0.417 e. The number of furan rings is 1. The number of alkyl halides is 3. The van der Waals surface area contributed by atoms with Gasteiger partial charge in [-0.2, -0.15) is 13.2 Å². The minimum Gasteiger partial charge on any atom is -0.481 e. The van der Waals surface area contributed by atoms with Crippen LogP contribution in [0.2, 0.25) is 0 Å². The molecule has 0 aliphatic heterocycles. The Labute approximate surface area is 113 Å². The summed E-state index contributed by atoms with van der Waals surface area (Å²) in [5.41, 5.74) is -1.78. The zero-order valence-electron chi connectivity index (χ0n) is 10.9. The van der Waals surface area contributed by atoms with Gasteiger partial charge in [0.1, 0.15) is 11.3 Å². The van der Waals surface area contributed by atoms with E-state index in [2.05, 4.69) is 0 Å².